The lowest BCUT2D eigenvalue weighted by molar-refractivity contribution is -0.113. The molecule has 0 radical (unpaired) electrons. The number of amides is 1. The summed E-state index contributed by atoms with van der Waals surface area (Å²) < 4.78 is 3.70. The van der Waals surface area contributed by atoms with Crippen molar-refractivity contribution in [3.05, 3.63) is 84.4 Å². The third-order valence-electron chi connectivity index (χ3n) is 4.34. The molecule has 0 unspecified atom stereocenters. The van der Waals surface area contributed by atoms with E-state index in [0.29, 0.717) is 11.7 Å². The molecule has 2 aromatic heterocycles. The van der Waals surface area contributed by atoms with Crippen LogP contribution in [0.2, 0.25) is 0 Å². The molecule has 2 aromatic carbocycles. The van der Waals surface area contributed by atoms with E-state index in [1.807, 2.05) is 77.0 Å². The number of hydrogen-bond donors (Lipinski definition) is 1. The van der Waals surface area contributed by atoms with E-state index < -0.39 is 0 Å². The summed E-state index contributed by atoms with van der Waals surface area (Å²) in [5.41, 5.74) is 3.93. The highest BCUT2D eigenvalue weighted by atomic mass is 32.2. The van der Waals surface area contributed by atoms with Crippen LogP contribution in [0.4, 0.5) is 5.69 Å². The van der Waals surface area contributed by atoms with Crippen LogP contribution in [-0.4, -0.2) is 36.2 Å². The minimum absolute atomic E-state index is 0.0960. The summed E-state index contributed by atoms with van der Waals surface area (Å²) in [6.07, 6.45) is 5.29. The third kappa shape index (κ3) is 4.72. The van der Waals surface area contributed by atoms with E-state index in [9.17, 15) is 4.79 Å². The SMILES string of the molecule is Cc1ccc(-n2cnnc2SCC(=O)Nc2ccccc2Cn2cccn2)cc1. The van der Waals surface area contributed by atoms with Gasteiger partial charge in [0.2, 0.25) is 5.91 Å². The minimum atomic E-state index is -0.0960. The summed E-state index contributed by atoms with van der Waals surface area (Å²) in [4.78, 5) is 12.5. The van der Waals surface area contributed by atoms with Crippen molar-refractivity contribution >= 4 is 23.4 Å². The predicted octanol–water partition coefficient (Wildman–Crippen LogP) is 3.55. The summed E-state index contributed by atoms with van der Waals surface area (Å²) in [6.45, 7) is 2.64. The Balaban J connectivity index is 1.41. The maximum absolute atomic E-state index is 12.5. The Morgan fingerprint density at radius 3 is 2.72 bits per heavy atom. The van der Waals surface area contributed by atoms with Gasteiger partial charge in [-0.2, -0.15) is 5.10 Å². The first-order chi connectivity index (χ1) is 14.2. The quantitative estimate of drug-likeness (QED) is 0.477. The lowest BCUT2D eigenvalue weighted by atomic mass is 10.2. The zero-order valence-electron chi connectivity index (χ0n) is 15.9. The van der Waals surface area contributed by atoms with E-state index >= 15 is 0 Å². The van der Waals surface area contributed by atoms with Crippen LogP contribution in [0.3, 0.4) is 0 Å². The Morgan fingerprint density at radius 2 is 1.93 bits per heavy atom. The van der Waals surface area contributed by atoms with Crippen LogP contribution in [0, 0.1) is 6.92 Å². The number of carbonyl (C=O) groups excluding carboxylic acids is 1. The van der Waals surface area contributed by atoms with Crippen molar-refractivity contribution in [1.29, 1.82) is 0 Å². The van der Waals surface area contributed by atoms with Gasteiger partial charge >= 0.3 is 0 Å². The van der Waals surface area contributed by atoms with E-state index in [0.717, 1.165) is 16.9 Å². The van der Waals surface area contributed by atoms with E-state index in [1.165, 1.54) is 17.3 Å². The number of thioether (sulfide) groups is 1. The first-order valence-corrected chi connectivity index (χ1v) is 10.1. The predicted molar refractivity (Wildman–Crippen MR) is 113 cm³/mol. The van der Waals surface area contributed by atoms with Gasteiger partial charge in [0.05, 0.1) is 12.3 Å². The first kappa shape index (κ1) is 18.9. The average Bonchev–Trinajstić information content (AvgIpc) is 3.40. The average molecular weight is 404 g/mol. The van der Waals surface area contributed by atoms with E-state index in [1.54, 1.807) is 12.5 Å². The van der Waals surface area contributed by atoms with Gasteiger partial charge in [0.25, 0.3) is 0 Å². The number of benzene rings is 2. The Labute approximate surface area is 172 Å². The lowest BCUT2D eigenvalue weighted by Crippen LogP contribution is -2.16. The molecule has 2 heterocycles. The van der Waals surface area contributed by atoms with Gasteiger partial charge in [-0.25, -0.2) is 0 Å². The molecule has 0 spiro atoms. The second kappa shape index (κ2) is 8.74. The van der Waals surface area contributed by atoms with Crippen molar-refractivity contribution in [3.8, 4) is 5.69 Å². The lowest BCUT2D eigenvalue weighted by Gasteiger charge is -2.11. The van der Waals surface area contributed by atoms with E-state index in [-0.39, 0.29) is 11.7 Å². The highest BCUT2D eigenvalue weighted by Crippen LogP contribution is 2.21. The van der Waals surface area contributed by atoms with Gasteiger partial charge in [0.1, 0.15) is 6.33 Å². The molecule has 8 heteroatoms. The highest BCUT2D eigenvalue weighted by molar-refractivity contribution is 7.99. The van der Waals surface area contributed by atoms with Gasteiger partial charge in [-0.15, -0.1) is 10.2 Å². The fourth-order valence-electron chi connectivity index (χ4n) is 2.87. The van der Waals surface area contributed by atoms with Crippen LogP contribution in [-0.2, 0) is 11.3 Å². The molecule has 146 valence electrons. The van der Waals surface area contributed by atoms with Gasteiger partial charge in [0.15, 0.2) is 5.16 Å². The summed E-state index contributed by atoms with van der Waals surface area (Å²) in [5, 5.41) is 16.0. The zero-order valence-corrected chi connectivity index (χ0v) is 16.7. The van der Waals surface area contributed by atoms with Crippen molar-refractivity contribution in [3.63, 3.8) is 0 Å². The molecule has 1 amide bonds. The molecule has 0 saturated heterocycles. The van der Waals surface area contributed by atoms with Crippen LogP contribution in [0.5, 0.6) is 0 Å². The molecule has 1 N–H and O–H groups in total. The van der Waals surface area contributed by atoms with Crippen molar-refractivity contribution in [2.75, 3.05) is 11.1 Å². The molecule has 0 atom stereocenters. The number of nitrogens with zero attached hydrogens (tertiary/aromatic N) is 5. The molecule has 0 aliphatic rings. The number of nitrogens with one attached hydrogen (secondary N) is 1. The summed E-state index contributed by atoms with van der Waals surface area (Å²) in [7, 11) is 0. The number of carbonyl (C=O) groups is 1. The monoisotopic (exact) mass is 404 g/mol. The summed E-state index contributed by atoms with van der Waals surface area (Å²) >= 11 is 1.35. The second-order valence-corrected chi connectivity index (χ2v) is 7.46. The molecule has 0 aliphatic carbocycles. The molecule has 4 rings (SSSR count). The maximum Gasteiger partial charge on any atom is 0.234 e. The Morgan fingerprint density at radius 1 is 1.10 bits per heavy atom. The molecular formula is C21H20N6OS. The normalized spacial score (nSPS) is 10.8. The van der Waals surface area contributed by atoms with Crippen molar-refractivity contribution < 1.29 is 4.79 Å². The molecule has 7 nitrogen and oxygen atoms in total. The smallest absolute Gasteiger partial charge is 0.234 e. The molecule has 4 aromatic rings. The fraction of sp³-hybridized carbons (Fsp3) is 0.143. The number of hydrogen-bond acceptors (Lipinski definition) is 5. The van der Waals surface area contributed by atoms with Crippen molar-refractivity contribution in [2.45, 2.75) is 18.6 Å². The number of aromatic nitrogens is 5. The molecular weight excluding hydrogens is 384 g/mol. The number of anilines is 1. The first-order valence-electron chi connectivity index (χ1n) is 9.14. The largest absolute Gasteiger partial charge is 0.325 e. The zero-order chi connectivity index (χ0) is 20.1. The van der Waals surface area contributed by atoms with Crippen LogP contribution in [0.25, 0.3) is 5.69 Å². The van der Waals surface area contributed by atoms with Gasteiger partial charge in [-0.3, -0.25) is 14.0 Å². The molecule has 0 aliphatic heterocycles. The van der Waals surface area contributed by atoms with Gasteiger partial charge in [-0.1, -0.05) is 47.7 Å². The highest BCUT2D eigenvalue weighted by Gasteiger charge is 2.12. The minimum Gasteiger partial charge on any atom is -0.325 e. The fourth-order valence-corrected chi connectivity index (χ4v) is 3.60. The van der Waals surface area contributed by atoms with Crippen LogP contribution in [0.15, 0.2) is 78.5 Å². The Hall–Kier alpha value is -3.39. The second-order valence-electron chi connectivity index (χ2n) is 6.52. The number of aryl methyl sites for hydroxylation is 1. The van der Waals surface area contributed by atoms with Crippen molar-refractivity contribution in [2.24, 2.45) is 0 Å². The van der Waals surface area contributed by atoms with Crippen molar-refractivity contribution in [1.82, 2.24) is 24.5 Å². The van der Waals surface area contributed by atoms with Gasteiger partial charge < -0.3 is 5.32 Å². The standard InChI is InChI=1S/C21H20N6OS/c1-16-7-9-18(10-8-16)27-15-22-25-21(27)29-14-20(28)24-19-6-3-2-5-17(19)13-26-12-4-11-23-26/h2-12,15H,13-14H2,1H3,(H,24,28). The van der Waals surface area contributed by atoms with Crippen LogP contribution < -0.4 is 5.32 Å². The van der Waals surface area contributed by atoms with E-state index in [2.05, 4.69) is 20.6 Å². The summed E-state index contributed by atoms with van der Waals surface area (Å²) in [6, 6.07) is 17.7. The van der Waals surface area contributed by atoms with Gasteiger partial charge in [-0.05, 0) is 36.8 Å². The Kier molecular flexibility index (Phi) is 5.71. The molecule has 29 heavy (non-hydrogen) atoms. The maximum atomic E-state index is 12.5. The Bertz CT molecular complexity index is 1090. The number of rotatable bonds is 7. The molecule has 0 bridgehead atoms. The van der Waals surface area contributed by atoms with E-state index in [4.69, 9.17) is 0 Å². The molecule has 0 fully saturated rings. The topological polar surface area (TPSA) is 77.6 Å². The third-order valence-corrected chi connectivity index (χ3v) is 5.29. The van der Waals surface area contributed by atoms with Crippen LogP contribution >= 0.6 is 11.8 Å². The van der Waals surface area contributed by atoms with Crippen LogP contribution in [0.1, 0.15) is 11.1 Å². The number of para-hydroxylation sites is 1. The summed E-state index contributed by atoms with van der Waals surface area (Å²) in [5.74, 6) is 0.141. The molecule has 0 saturated carbocycles. The van der Waals surface area contributed by atoms with Gasteiger partial charge in [0, 0.05) is 23.8 Å².